The molecule has 3 amide bonds. The predicted molar refractivity (Wildman–Crippen MR) is 153 cm³/mol. The van der Waals surface area contributed by atoms with Crippen molar-refractivity contribution in [1.82, 2.24) is 16.0 Å². The van der Waals surface area contributed by atoms with Crippen LogP contribution in [0.5, 0.6) is 5.75 Å². The van der Waals surface area contributed by atoms with Crippen molar-refractivity contribution < 1.29 is 39.3 Å². The van der Waals surface area contributed by atoms with Gasteiger partial charge in [-0.1, -0.05) is 42.5 Å². The van der Waals surface area contributed by atoms with Crippen LogP contribution < -0.4 is 27.4 Å². The molecule has 10 N–H and O–H groups in total. The number of aromatic hydroxyl groups is 1. The maximum Gasteiger partial charge on any atom is 0.326 e. The molecule has 13 nitrogen and oxygen atoms in total. The van der Waals surface area contributed by atoms with Crippen molar-refractivity contribution in [2.24, 2.45) is 11.5 Å². The molecule has 2 aromatic carbocycles. The first kappa shape index (κ1) is 33.7. The van der Waals surface area contributed by atoms with E-state index in [2.05, 4.69) is 16.0 Å². The number of nitrogens with one attached hydrogen (secondary N) is 3. The number of carbonyl (C=O) groups excluding carboxylic acids is 3. The Balaban J connectivity index is 2.21. The lowest BCUT2D eigenvalue weighted by atomic mass is 10.0. The summed E-state index contributed by atoms with van der Waals surface area (Å²) in [7, 11) is 0. The number of hydrogen-bond acceptors (Lipinski definition) is 8. The van der Waals surface area contributed by atoms with E-state index in [0.29, 0.717) is 30.5 Å². The Morgan fingerprint density at radius 1 is 0.690 bits per heavy atom. The van der Waals surface area contributed by atoms with Crippen molar-refractivity contribution in [3.63, 3.8) is 0 Å². The lowest BCUT2D eigenvalue weighted by molar-refractivity contribution is -0.143. The largest absolute Gasteiger partial charge is 0.508 e. The van der Waals surface area contributed by atoms with Crippen molar-refractivity contribution >= 4 is 29.7 Å². The summed E-state index contributed by atoms with van der Waals surface area (Å²) in [6.07, 6.45) is 0.461. The average Bonchev–Trinajstić information content (AvgIpc) is 2.95. The van der Waals surface area contributed by atoms with Gasteiger partial charge in [-0.15, -0.1) is 0 Å². The number of unbranched alkanes of at least 4 members (excludes halogenated alkanes) is 1. The molecule has 0 aliphatic heterocycles. The summed E-state index contributed by atoms with van der Waals surface area (Å²) in [6.45, 7) is 0.352. The van der Waals surface area contributed by atoms with Crippen LogP contribution in [0.2, 0.25) is 0 Å². The van der Waals surface area contributed by atoms with Crippen molar-refractivity contribution in [3.8, 4) is 5.75 Å². The van der Waals surface area contributed by atoms with E-state index in [1.807, 2.05) is 0 Å². The molecule has 0 fully saturated rings. The van der Waals surface area contributed by atoms with Crippen molar-refractivity contribution in [2.45, 2.75) is 69.1 Å². The number of benzene rings is 2. The standard InChI is InChI=1S/C29H39N5O8/c30-15-5-4-8-23(29(41)42)33-27(39)22(13-14-25(36)37)32-28(40)24(17-18-6-2-1-3-7-18)34-26(38)21(31)16-19-9-11-20(35)12-10-19/h1-3,6-7,9-12,21-24,35H,4-5,8,13-17,30-31H2,(H,32,40)(H,33,39)(H,34,38)(H,36,37)(H,41,42). The van der Waals surface area contributed by atoms with Crippen molar-refractivity contribution in [1.29, 1.82) is 0 Å². The Morgan fingerprint density at radius 3 is 1.86 bits per heavy atom. The van der Waals surface area contributed by atoms with Gasteiger partial charge in [-0.05, 0) is 61.9 Å². The molecule has 0 aromatic heterocycles. The summed E-state index contributed by atoms with van der Waals surface area (Å²) in [5, 5.41) is 35.7. The Kier molecular flexibility index (Phi) is 13.9. The summed E-state index contributed by atoms with van der Waals surface area (Å²) in [5.41, 5.74) is 12.9. The highest BCUT2D eigenvalue weighted by Gasteiger charge is 2.31. The van der Waals surface area contributed by atoms with E-state index in [4.69, 9.17) is 11.5 Å². The van der Waals surface area contributed by atoms with Gasteiger partial charge in [0.15, 0.2) is 0 Å². The third-order valence-electron chi connectivity index (χ3n) is 6.49. The number of hydrogen-bond donors (Lipinski definition) is 8. The molecule has 13 heteroatoms. The van der Waals surface area contributed by atoms with Crippen LogP contribution in [-0.4, -0.2) is 75.7 Å². The maximum atomic E-state index is 13.4. The second-order valence-electron chi connectivity index (χ2n) is 9.91. The van der Waals surface area contributed by atoms with Crippen LogP contribution in [0.4, 0.5) is 0 Å². The molecule has 0 heterocycles. The Bertz CT molecular complexity index is 1190. The van der Waals surface area contributed by atoms with Crippen molar-refractivity contribution in [3.05, 3.63) is 65.7 Å². The molecule has 4 unspecified atom stereocenters. The Labute approximate surface area is 243 Å². The number of phenolic OH excluding ortho intramolecular Hbond substituents is 1. The minimum Gasteiger partial charge on any atom is -0.508 e. The first-order chi connectivity index (χ1) is 20.0. The molecule has 2 aromatic rings. The highest BCUT2D eigenvalue weighted by molar-refractivity contribution is 5.94. The fraction of sp³-hybridized carbons (Fsp3) is 0.414. The molecule has 42 heavy (non-hydrogen) atoms. The van der Waals surface area contributed by atoms with E-state index >= 15 is 0 Å². The van der Waals surface area contributed by atoms with Gasteiger partial charge in [0, 0.05) is 12.8 Å². The van der Waals surface area contributed by atoms with Crippen LogP contribution in [0.15, 0.2) is 54.6 Å². The number of aliphatic carboxylic acids is 2. The first-order valence-electron chi connectivity index (χ1n) is 13.6. The minimum atomic E-state index is -1.38. The van der Waals surface area contributed by atoms with Gasteiger partial charge < -0.3 is 42.7 Å². The van der Waals surface area contributed by atoms with Crippen LogP contribution >= 0.6 is 0 Å². The molecular formula is C29H39N5O8. The van der Waals surface area contributed by atoms with Crippen LogP contribution in [-0.2, 0) is 36.8 Å². The second-order valence-corrected chi connectivity index (χ2v) is 9.91. The zero-order valence-electron chi connectivity index (χ0n) is 23.2. The average molecular weight is 586 g/mol. The van der Waals surface area contributed by atoms with Gasteiger partial charge in [-0.2, -0.15) is 0 Å². The third-order valence-corrected chi connectivity index (χ3v) is 6.49. The van der Waals surface area contributed by atoms with E-state index in [-0.39, 0.29) is 31.4 Å². The number of amides is 3. The van der Waals surface area contributed by atoms with Gasteiger partial charge in [0.05, 0.1) is 6.04 Å². The number of carbonyl (C=O) groups is 5. The molecule has 0 spiro atoms. The normalized spacial score (nSPS) is 13.7. The molecular weight excluding hydrogens is 546 g/mol. The van der Waals surface area contributed by atoms with Crippen LogP contribution in [0, 0.1) is 0 Å². The topological polar surface area (TPSA) is 234 Å². The summed E-state index contributed by atoms with van der Waals surface area (Å²) in [5.74, 6) is -4.71. The van der Waals surface area contributed by atoms with Gasteiger partial charge in [-0.25, -0.2) is 4.79 Å². The predicted octanol–water partition coefficient (Wildman–Crippen LogP) is 0.0375. The number of carboxylic acid groups (broad SMARTS) is 2. The number of carboxylic acids is 2. The Hall–Kier alpha value is -4.49. The lowest BCUT2D eigenvalue weighted by Crippen LogP contribution is -2.57. The monoisotopic (exact) mass is 585 g/mol. The smallest absolute Gasteiger partial charge is 0.326 e. The fourth-order valence-corrected chi connectivity index (χ4v) is 4.15. The molecule has 2 rings (SSSR count). The van der Waals surface area contributed by atoms with Crippen LogP contribution in [0.1, 0.15) is 43.2 Å². The van der Waals surface area contributed by atoms with E-state index in [0.717, 1.165) is 0 Å². The van der Waals surface area contributed by atoms with Gasteiger partial charge >= 0.3 is 11.9 Å². The fourth-order valence-electron chi connectivity index (χ4n) is 4.15. The first-order valence-corrected chi connectivity index (χ1v) is 13.6. The third kappa shape index (κ3) is 11.9. The van der Waals surface area contributed by atoms with E-state index < -0.39 is 60.2 Å². The number of phenols is 1. The minimum absolute atomic E-state index is 0.0362. The van der Waals surface area contributed by atoms with Gasteiger partial charge in [0.2, 0.25) is 17.7 Å². The number of rotatable bonds is 18. The highest BCUT2D eigenvalue weighted by Crippen LogP contribution is 2.12. The molecule has 0 aliphatic rings. The van der Waals surface area contributed by atoms with E-state index in [1.54, 1.807) is 42.5 Å². The van der Waals surface area contributed by atoms with Crippen LogP contribution in [0.3, 0.4) is 0 Å². The van der Waals surface area contributed by atoms with Gasteiger partial charge in [-0.3, -0.25) is 19.2 Å². The van der Waals surface area contributed by atoms with Crippen LogP contribution in [0.25, 0.3) is 0 Å². The molecule has 0 bridgehead atoms. The Morgan fingerprint density at radius 2 is 1.26 bits per heavy atom. The quantitative estimate of drug-likeness (QED) is 0.109. The summed E-state index contributed by atoms with van der Waals surface area (Å²) >= 11 is 0. The molecule has 0 saturated heterocycles. The zero-order valence-corrected chi connectivity index (χ0v) is 23.2. The summed E-state index contributed by atoms with van der Waals surface area (Å²) < 4.78 is 0. The zero-order chi connectivity index (χ0) is 31.1. The highest BCUT2D eigenvalue weighted by atomic mass is 16.4. The van der Waals surface area contributed by atoms with E-state index in [9.17, 15) is 39.3 Å². The van der Waals surface area contributed by atoms with E-state index in [1.165, 1.54) is 12.1 Å². The maximum absolute atomic E-state index is 13.4. The molecule has 0 radical (unpaired) electrons. The lowest BCUT2D eigenvalue weighted by Gasteiger charge is -2.25. The van der Waals surface area contributed by atoms with Crippen molar-refractivity contribution in [2.75, 3.05) is 6.54 Å². The molecule has 228 valence electrons. The molecule has 4 atom stereocenters. The summed E-state index contributed by atoms with van der Waals surface area (Å²) in [4.78, 5) is 62.4. The second kappa shape index (κ2) is 17.4. The number of nitrogens with two attached hydrogens (primary N) is 2. The molecule has 0 saturated carbocycles. The van der Waals surface area contributed by atoms with Gasteiger partial charge in [0.25, 0.3) is 0 Å². The SMILES string of the molecule is NCCCCC(NC(=O)C(CCC(=O)O)NC(=O)C(Cc1ccccc1)NC(=O)C(N)Cc1ccc(O)cc1)C(=O)O. The summed E-state index contributed by atoms with van der Waals surface area (Å²) in [6, 6.07) is 10.0. The van der Waals surface area contributed by atoms with Gasteiger partial charge in [0.1, 0.15) is 23.9 Å². The molecule has 0 aliphatic carbocycles.